The Kier molecular flexibility index (Phi) is 5.33. The van der Waals surface area contributed by atoms with Crippen molar-refractivity contribution in [2.75, 3.05) is 11.6 Å². The highest BCUT2D eigenvalue weighted by molar-refractivity contribution is 9.10. The van der Waals surface area contributed by atoms with Crippen molar-refractivity contribution in [2.24, 2.45) is 0 Å². The molecule has 0 aliphatic carbocycles. The molecule has 0 saturated carbocycles. The van der Waals surface area contributed by atoms with Crippen molar-refractivity contribution in [3.8, 4) is 22.8 Å². The van der Waals surface area contributed by atoms with E-state index in [0.29, 0.717) is 21.9 Å². The fourth-order valence-corrected chi connectivity index (χ4v) is 4.47. The van der Waals surface area contributed by atoms with E-state index in [1.165, 1.54) is 11.8 Å². The van der Waals surface area contributed by atoms with Gasteiger partial charge in [0.1, 0.15) is 5.15 Å². The van der Waals surface area contributed by atoms with Gasteiger partial charge >= 0.3 is 0 Å². The standard InChI is InChI=1S/C21H16BrClN6OS/c1-11-16(18(23)29(28-11)13-6-4-3-5-7-13)19-24-15-9-8-12(22)10-14(15)17-20(30-19)25-21(31-2)27-26-17/h3-10,19,24H,1-2H3/t19-/m1/s1. The number of hydrogen-bond acceptors (Lipinski definition) is 7. The quantitative estimate of drug-likeness (QED) is 0.352. The van der Waals surface area contributed by atoms with Crippen LogP contribution in [0.5, 0.6) is 5.88 Å². The number of aromatic nitrogens is 5. The molecule has 7 nitrogen and oxygen atoms in total. The lowest BCUT2D eigenvalue weighted by atomic mass is 10.1. The first kappa shape index (κ1) is 20.3. The van der Waals surface area contributed by atoms with Crippen molar-refractivity contribution in [1.82, 2.24) is 25.0 Å². The number of aryl methyl sites for hydroxylation is 1. The number of rotatable bonds is 3. The first-order valence-electron chi connectivity index (χ1n) is 9.37. The van der Waals surface area contributed by atoms with Crippen LogP contribution in [0.3, 0.4) is 0 Å². The molecule has 0 unspecified atom stereocenters. The van der Waals surface area contributed by atoms with E-state index in [2.05, 4.69) is 41.5 Å². The number of para-hydroxylation sites is 1. The van der Waals surface area contributed by atoms with Crippen molar-refractivity contribution in [3.05, 3.63) is 69.4 Å². The Morgan fingerprint density at radius 3 is 2.74 bits per heavy atom. The van der Waals surface area contributed by atoms with Crippen LogP contribution in [-0.2, 0) is 0 Å². The number of thioether (sulfide) groups is 1. The summed E-state index contributed by atoms with van der Waals surface area (Å²) >= 11 is 11.7. The Labute approximate surface area is 196 Å². The Balaban J connectivity index is 1.66. The van der Waals surface area contributed by atoms with E-state index in [4.69, 9.17) is 16.3 Å². The zero-order chi connectivity index (χ0) is 21.5. The fraction of sp³-hybridized carbons (Fsp3) is 0.143. The topological polar surface area (TPSA) is 77.8 Å². The third-order valence-electron chi connectivity index (χ3n) is 4.88. The molecule has 0 radical (unpaired) electrons. The van der Waals surface area contributed by atoms with Gasteiger partial charge in [0.25, 0.3) is 0 Å². The lowest BCUT2D eigenvalue weighted by Crippen LogP contribution is -2.18. The molecule has 10 heteroatoms. The number of nitrogens with zero attached hydrogens (tertiary/aromatic N) is 5. The van der Waals surface area contributed by atoms with Gasteiger partial charge in [0, 0.05) is 15.7 Å². The molecular weight excluding hydrogens is 500 g/mol. The van der Waals surface area contributed by atoms with Crippen molar-refractivity contribution in [1.29, 1.82) is 0 Å². The molecule has 2 aromatic carbocycles. The smallest absolute Gasteiger partial charge is 0.247 e. The number of anilines is 1. The Morgan fingerprint density at radius 2 is 1.97 bits per heavy atom. The summed E-state index contributed by atoms with van der Waals surface area (Å²) in [5, 5.41) is 17.7. The monoisotopic (exact) mass is 514 g/mol. The van der Waals surface area contributed by atoms with Gasteiger partial charge < -0.3 is 10.1 Å². The Hall–Kier alpha value is -2.62. The minimum Gasteiger partial charge on any atom is -0.447 e. The molecule has 0 saturated heterocycles. The van der Waals surface area contributed by atoms with Crippen LogP contribution in [0, 0.1) is 6.92 Å². The number of hydrogen-bond donors (Lipinski definition) is 1. The Bertz CT molecular complexity index is 1280. The van der Waals surface area contributed by atoms with Crippen molar-refractivity contribution < 1.29 is 4.74 Å². The number of ether oxygens (including phenoxy) is 1. The van der Waals surface area contributed by atoms with E-state index in [9.17, 15) is 0 Å². The third-order valence-corrected chi connectivity index (χ3v) is 6.28. The average molecular weight is 516 g/mol. The molecular formula is C21H16BrClN6OS. The molecule has 1 atom stereocenters. The minimum absolute atomic E-state index is 0.386. The zero-order valence-corrected chi connectivity index (χ0v) is 19.7. The lowest BCUT2D eigenvalue weighted by Gasteiger charge is -2.19. The van der Waals surface area contributed by atoms with Crippen LogP contribution >= 0.6 is 39.3 Å². The summed E-state index contributed by atoms with van der Waals surface area (Å²) in [7, 11) is 0. The van der Waals surface area contributed by atoms with Gasteiger partial charge in [-0.2, -0.15) is 10.1 Å². The van der Waals surface area contributed by atoms with Crippen molar-refractivity contribution in [2.45, 2.75) is 18.3 Å². The van der Waals surface area contributed by atoms with E-state index in [1.807, 2.05) is 61.7 Å². The van der Waals surface area contributed by atoms with E-state index in [-0.39, 0.29) is 0 Å². The molecule has 156 valence electrons. The van der Waals surface area contributed by atoms with E-state index in [1.54, 1.807) is 4.68 Å². The molecule has 31 heavy (non-hydrogen) atoms. The molecule has 3 heterocycles. The highest BCUT2D eigenvalue weighted by Gasteiger charge is 2.31. The van der Waals surface area contributed by atoms with E-state index >= 15 is 0 Å². The molecule has 1 aliphatic rings. The molecule has 4 aromatic rings. The molecule has 0 bridgehead atoms. The van der Waals surface area contributed by atoms with Gasteiger partial charge in [0.05, 0.1) is 16.9 Å². The molecule has 1 N–H and O–H groups in total. The lowest BCUT2D eigenvalue weighted by molar-refractivity contribution is 0.224. The van der Waals surface area contributed by atoms with Crippen LogP contribution in [0.1, 0.15) is 17.5 Å². The maximum Gasteiger partial charge on any atom is 0.247 e. The SMILES string of the molecule is CSc1nnc2c(n1)O[C@H](c1c(C)nn(-c3ccccc3)c1Cl)Nc1ccc(Br)cc1-2. The predicted molar refractivity (Wildman–Crippen MR) is 125 cm³/mol. The summed E-state index contributed by atoms with van der Waals surface area (Å²) in [6.45, 7) is 1.91. The van der Waals surface area contributed by atoms with Crippen LogP contribution in [0.25, 0.3) is 16.9 Å². The minimum atomic E-state index is -0.613. The normalized spacial score (nSPS) is 14.8. The average Bonchev–Trinajstić information content (AvgIpc) is 2.99. The molecule has 5 rings (SSSR count). The first-order valence-corrected chi connectivity index (χ1v) is 11.8. The largest absolute Gasteiger partial charge is 0.447 e. The van der Waals surface area contributed by atoms with E-state index < -0.39 is 6.23 Å². The third kappa shape index (κ3) is 3.66. The van der Waals surface area contributed by atoms with Gasteiger partial charge in [-0.1, -0.05) is 57.5 Å². The van der Waals surface area contributed by atoms with Crippen molar-refractivity contribution in [3.63, 3.8) is 0 Å². The summed E-state index contributed by atoms with van der Waals surface area (Å²) in [5.74, 6) is 0.386. The summed E-state index contributed by atoms with van der Waals surface area (Å²) in [6, 6.07) is 15.6. The molecule has 0 fully saturated rings. The second kappa shape index (κ2) is 8.14. The number of benzene rings is 2. The van der Waals surface area contributed by atoms with Crippen LogP contribution in [-0.4, -0.2) is 31.2 Å². The second-order valence-electron chi connectivity index (χ2n) is 6.82. The summed E-state index contributed by atoms with van der Waals surface area (Å²) in [5.41, 5.74) is 4.59. The first-order chi connectivity index (χ1) is 15.0. The molecule has 0 amide bonds. The van der Waals surface area contributed by atoms with Gasteiger partial charge in [-0.05, 0) is 43.5 Å². The number of halogens is 2. The summed E-state index contributed by atoms with van der Waals surface area (Å²) < 4.78 is 8.95. The van der Waals surface area contributed by atoms with Gasteiger partial charge in [0.2, 0.25) is 17.3 Å². The summed E-state index contributed by atoms with van der Waals surface area (Å²) in [4.78, 5) is 4.56. The second-order valence-corrected chi connectivity index (χ2v) is 8.87. The van der Waals surface area contributed by atoms with Gasteiger partial charge in [-0.25, -0.2) is 4.68 Å². The van der Waals surface area contributed by atoms with Gasteiger partial charge in [-0.3, -0.25) is 0 Å². The van der Waals surface area contributed by atoms with Crippen molar-refractivity contribution >= 4 is 45.0 Å². The Morgan fingerprint density at radius 1 is 1.16 bits per heavy atom. The summed E-state index contributed by atoms with van der Waals surface area (Å²) in [6.07, 6.45) is 1.28. The number of nitrogens with one attached hydrogen (secondary N) is 1. The highest BCUT2D eigenvalue weighted by Crippen LogP contribution is 2.42. The van der Waals surface area contributed by atoms with Crippen LogP contribution in [0.2, 0.25) is 5.15 Å². The van der Waals surface area contributed by atoms with Gasteiger partial charge in [-0.15, -0.1) is 10.2 Å². The molecule has 1 aliphatic heterocycles. The number of fused-ring (bicyclic) bond motifs is 3. The van der Waals surface area contributed by atoms with Crippen LogP contribution in [0.4, 0.5) is 5.69 Å². The van der Waals surface area contributed by atoms with Crippen LogP contribution < -0.4 is 10.1 Å². The van der Waals surface area contributed by atoms with Gasteiger partial charge in [0.15, 0.2) is 5.69 Å². The van der Waals surface area contributed by atoms with E-state index in [0.717, 1.165) is 32.7 Å². The maximum atomic E-state index is 6.81. The fourth-order valence-electron chi connectivity index (χ4n) is 3.44. The maximum absolute atomic E-state index is 6.81. The highest BCUT2D eigenvalue weighted by atomic mass is 79.9. The zero-order valence-electron chi connectivity index (χ0n) is 16.5. The molecule has 2 aromatic heterocycles. The molecule has 0 spiro atoms. The van der Waals surface area contributed by atoms with Crippen LogP contribution in [0.15, 0.2) is 58.2 Å². The predicted octanol–water partition coefficient (Wildman–Crippen LogP) is 5.67.